The van der Waals surface area contributed by atoms with Crippen LogP contribution in [0.5, 0.6) is 11.8 Å². The van der Waals surface area contributed by atoms with E-state index in [1.807, 2.05) is 24.3 Å². The zero-order valence-electron chi connectivity index (χ0n) is 19.1. The van der Waals surface area contributed by atoms with Crippen molar-refractivity contribution in [2.24, 2.45) is 0 Å². The van der Waals surface area contributed by atoms with Gasteiger partial charge in [-0.05, 0) is 30.3 Å². The second-order valence-corrected chi connectivity index (χ2v) is 9.29. The topological polar surface area (TPSA) is 111 Å². The summed E-state index contributed by atoms with van der Waals surface area (Å²) in [6.45, 7) is 5.52. The molecule has 1 aromatic carbocycles. The molecule has 186 valence electrons. The number of halogens is 1. The fraction of sp³-hybridized carbons (Fsp3) is 0.500. The molecule has 0 aliphatic carbocycles. The van der Waals surface area contributed by atoms with E-state index in [-0.39, 0.29) is 24.9 Å². The molecule has 4 atom stereocenters. The Hall–Kier alpha value is -2.47. The quantitative estimate of drug-likeness (QED) is 0.500. The van der Waals surface area contributed by atoms with Gasteiger partial charge in [0.15, 0.2) is 11.8 Å². The molecule has 0 saturated carbocycles. The number of imidazole rings is 1. The number of aliphatic hydroxyl groups is 1. The lowest BCUT2D eigenvalue weighted by Crippen LogP contribution is -2.38. The molecule has 3 aliphatic rings. The molecule has 5 heterocycles. The molecule has 2 N–H and O–H groups in total. The summed E-state index contributed by atoms with van der Waals surface area (Å²) < 4.78 is 28.5. The number of fused-ring (bicyclic) bond motifs is 2. The third-order valence-electron chi connectivity index (χ3n) is 6.56. The maximum atomic E-state index is 9.91. The minimum atomic E-state index is -0.631. The number of aliphatic hydroxyl groups excluding tert-OH is 1. The molecule has 35 heavy (non-hydrogen) atoms. The van der Waals surface area contributed by atoms with Crippen LogP contribution >= 0.6 is 11.6 Å². The average Bonchev–Trinajstić information content (AvgIpc) is 3.56. The van der Waals surface area contributed by atoms with Crippen molar-refractivity contribution in [2.45, 2.75) is 24.4 Å². The van der Waals surface area contributed by atoms with Gasteiger partial charge in [-0.15, -0.1) is 0 Å². The Bertz CT molecular complexity index is 1170. The normalized spacial score (nSPS) is 26.8. The fourth-order valence-electron chi connectivity index (χ4n) is 4.67. The SMILES string of the molecule is O[C@@H]1CO[C@H]2[C@@H]1OC[C@H]2Oc1nc2nc(-c3ccc(OCCN4CCOCC4)cc3)c(Cl)cc2[nH]1. The Morgan fingerprint density at radius 2 is 1.89 bits per heavy atom. The number of pyridine rings is 1. The van der Waals surface area contributed by atoms with Gasteiger partial charge in [-0.2, -0.15) is 4.98 Å². The summed E-state index contributed by atoms with van der Waals surface area (Å²) in [6, 6.07) is 9.81. The van der Waals surface area contributed by atoms with Gasteiger partial charge in [0.25, 0.3) is 6.01 Å². The summed E-state index contributed by atoms with van der Waals surface area (Å²) in [6.07, 6.45) is -1.67. The first-order chi connectivity index (χ1) is 17.1. The Morgan fingerprint density at radius 3 is 2.71 bits per heavy atom. The maximum Gasteiger partial charge on any atom is 0.296 e. The fourth-order valence-corrected chi connectivity index (χ4v) is 4.93. The van der Waals surface area contributed by atoms with Gasteiger partial charge in [0.1, 0.15) is 30.7 Å². The van der Waals surface area contributed by atoms with Crippen LogP contribution in [0, 0.1) is 0 Å². The largest absolute Gasteiger partial charge is 0.492 e. The molecule has 0 radical (unpaired) electrons. The molecule has 11 heteroatoms. The first kappa shape index (κ1) is 23.0. The van der Waals surface area contributed by atoms with Crippen LogP contribution in [0.25, 0.3) is 22.4 Å². The van der Waals surface area contributed by atoms with Crippen molar-refractivity contribution >= 4 is 22.8 Å². The van der Waals surface area contributed by atoms with Gasteiger partial charge in [0.2, 0.25) is 0 Å². The lowest BCUT2D eigenvalue weighted by atomic mass is 10.1. The van der Waals surface area contributed by atoms with E-state index in [1.54, 1.807) is 6.07 Å². The highest BCUT2D eigenvalue weighted by Crippen LogP contribution is 2.32. The number of rotatable bonds is 7. The minimum Gasteiger partial charge on any atom is -0.492 e. The van der Waals surface area contributed by atoms with E-state index >= 15 is 0 Å². The van der Waals surface area contributed by atoms with E-state index in [0.29, 0.717) is 41.1 Å². The third-order valence-corrected chi connectivity index (χ3v) is 6.85. The smallest absolute Gasteiger partial charge is 0.296 e. The van der Waals surface area contributed by atoms with Crippen molar-refractivity contribution < 1.29 is 28.8 Å². The van der Waals surface area contributed by atoms with Gasteiger partial charge in [0.05, 0.1) is 42.7 Å². The van der Waals surface area contributed by atoms with Crippen molar-refractivity contribution in [2.75, 3.05) is 52.7 Å². The monoisotopic (exact) mass is 502 g/mol. The van der Waals surface area contributed by atoms with E-state index in [4.69, 9.17) is 35.3 Å². The molecule has 2 aromatic heterocycles. The van der Waals surface area contributed by atoms with E-state index in [1.165, 1.54) is 0 Å². The Labute approximate surface area is 207 Å². The van der Waals surface area contributed by atoms with E-state index in [9.17, 15) is 5.11 Å². The number of nitrogens with one attached hydrogen (secondary N) is 1. The van der Waals surface area contributed by atoms with E-state index in [0.717, 1.165) is 44.2 Å². The Balaban J connectivity index is 1.12. The van der Waals surface area contributed by atoms with E-state index < -0.39 is 6.10 Å². The average molecular weight is 503 g/mol. The second-order valence-electron chi connectivity index (χ2n) is 8.88. The number of hydrogen-bond donors (Lipinski definition) is 2. The number of aromatic nitrogens is 3. The van der Waals surface area contributed by atoms with Gasteiger partial charge < -0.3 is 33.8 Å². The Kier molecular flexibility index (Phi) is 6.48. The maximum absolute atomic E-state index is 9.91. The number of H-pyrrole nitrogens is 1. The van der Waals surface area contributed by atoms with Gasteiger partial charge >= 0.3 is 0 Å². The zero-order chi connectivity index (χ0) is 23.8. The van der Waals surface area contributed by atoms with Crippen LogP contribution in [0.4, 0.5) is 0 Å². The van der Waals surface area contributed by atoms with Gasteiger partial charge in [-0.25, -0.2) is 4.98 Å². The summed E-state index contributed by atoms with van der Waals surface area (Å²) in [5.74, 6) is 0.797. The lowest BCUT2D eigenvalue weighted by molar-refractivity contribution is 0.00706. The number of ether oxygens (including phenoxy) is 5. The lowest BCUT2D eigenvalue weighted by Gasteiger charge is -2.26. The molecule has 6 rings (SSSR count). The van der Waals surface area contributed by atoms with Crippen LogP contribution in [-0.4, -0.2) is 102 Å². The molecule has 0 bridgehead atoms. The number of aromatic amines is 1. The molecular formula is C24H27ClN4O6. The second kappa shape index (κ2) is 9.88. The molecule has 0 spiro atoms. The third kappa shape index (κ3) is 4.82. The molecule has 3 aromatic rings. The van der Waals surface area contributed by atoms with Crippen molar-refractivity contribution in [3.8, 4) is 23.0 Å². The van der Waals surface area contributed by atoms with Crippen LogP contribution in [0.15, 0.2) is 30.3 Å². The van der Waals surface area contributed by atoms with Crippen LogP contribution in [0.2, 0.25) is 5.02 Å². The van der Waals surface area contributed by atoms with Crippen molar-refractivity contribution in [1.82, 2.24) is 19.9 Å². The number of morpholine rings is 1. The van der Waals surface area contributed by atoms with Crippen LogP contribution < -0.4 is 9.47 Å². The van der Waals surface area contributed by atoms with Crippen molar-refractivity contribution in [3.05, 3.63) is 35.4 Å². The molecule has 3 aliphatic heterocycles. The summed E-state index contributed by atoms with van der Waals surface area (Å²) >= 11 is 6.55. The summed E-state index contributed by atoms with van der Waals surface area (Å²) in [5, 5.41) is 10.4. The molecule has 3 fully saturated rings. The molecule has 10 nitrogen and oxygen atoms in total. The van der Waals surface area contributed by atoms with Crippen LogP contribution in [0.1, 0.15) is 0 Å². The predicted molar refractivity (Wildman–Crippen MR) is 127 cm³/mol. The predicted octanol–water partition coefficient (Wildman–Crippen LogP) is 1.90. The van der Waals surface area contributed by atoms with Crippen LogP contribution in [-0.2, 0) is 14.2 Å². The highest BCUT2D eigenvalue weighted by Gasteiger charge is 2.48. The summed E-state index contributed by atoms with van der Waals surface area (Å²) in [7, 11) is 0. The standard InChI is InChI=1S/C24H27ClN4O6/c25-16-11-17-23(28-24(26-17)35-19-13-34-21-18(30)12-33-22(19)21)27-20(16)14-1-3-15(4-2-14)32-10-7-29-5-8-31-9-6-29/h1-4,11,18-19,21-22,30H,5-10,12-13H2,(H,26,27,28)/t18-,19-,21-,22-/m1/s1. The Morgan fingerprint density at radius 1 is 1.09 bits per heavy atom. The molecule has 0 amide bonds. The van der Waals surface area contributed by atoms with Gasteiger partial charge in [0, 0.05) is 25.2 Å². The van der Waals surface area contributed by atoms with E-state index in [2.05, 4.69) is 19.9 Å². The van der Waals surface area contributed by atoms with Gasteiger partial charge in [-0.3, -0.25) is 4.90 Å². The first-order valence-corrected chi connectivity index (χ1v) is 12.2. The van der Waals surface area contributed by atoms with Crippen molar-refractivity contribution in [3.63, 3.8) is 0 Å². The molecular weight excluding hydrogens is 476 g/mol. The van der Waals surface area contributed by atoms with Crippen LogP contribution in [0.3, 0.4) is 0 Å². The zero-order valence-corrected chi connectivity index (χ0v) is 19.8. The first-order valence-electron chi connectivity index (χ1n) is 11.8. The minimum absolute atomic E-state index is 0.244. The molecule has 0 unspecified atom stereocenters. The number of hydrogen-bond acceptors (Lipinski definition) is 9. The number of nitrogens with zero attached hydrogens (tertiary/aromatic N) is 3. The molecule has 3 saturated heterocycles. The summed E-state index contributed by atoms with van der Waals surface area (Å²) in [5.41, 5.74) is 2.65. The highest BCUT2D eigenvalue weighted by molar-refractivity contribution is 6.33. The number of benzene rings is 1. The summed E-state index contributed by atoms with van der Waals surface area (Å²) in [4.78, 5) is 14.6. The van der Waals surface area contributed by atoms with Crippen molar-refractivity contribution in [1.29, 1.82) is 0 Å². The van der Waals surface area contributed by atoms with Gasteiger partial charge in [-0.1, -0.05) is 11.6 Å². The highest BCUT2D eigenvalue weighted by atomic mass is 35.5.